The molecule has 0 radical (unpaired) electrons. The van der Waals surface area contributed by atoms with Gasteiger partial charge in [-0.3, -0.25) is 4.98 Å². The first-order chi connectivity index (χ1) is 9.89. The SMILES string of the molecule is CN(C)c1cccc2c1ccc1c(C(F)(F)F)ccnc12. The highest BCUT2D eigenvalue weighted by molar-refractivity contribution is 6.10. The molecule has 0 unspecified atom stereocenters. The molecule has 5 heteroatoms. The van der Waals surface area contributed by atoms with Crippen LogP contribution in [0.15, 0.2) is 42.6 Å². The number of aromatic nitrogens is 1. The Morgan fingerprint density at radius 3 is 2.29 bits per heavy atom. The highest BCUT2D eigenvalue weighted by Crippen LogP contribution is 2.37. The molecule has 2 nitrogen and oxygen atoms in total. The molecule has 0 atom stereocenters. The number of fused-ring (bicyclic) bond motifs is 3. The molecule has 0 aliphatic heterocycles. The van der Waals surface area contributed by atoms with Gasteiger partial charge in [-0.25, -0.2) is 0 Å². The number of halogens is 3. The second-order valence-electron chi connectivity index (χ2n) is 5.08. The minimum Gasteiger partial charge on any atom is -0.377 e. The Labute approximate surface area is 119 Å². The minimum atomic E-state index is -4.38. The Kier molecular flexibility index (Phi) is 3.01. The van der Waals surface area contributed by atoms with Gasteiger partial charge in [0.15, 0.2) is 0 Å². The average Bonchev–Trinajstić information content (AvgIpc) is 2.44. The first-order valence-electron chi connectivity index (χ1n) is 6.44. The van der Waals surface area contributed by atoms with Gasteiger partial charge in [0.05, 0.1) is 11.1 Å². The number of pyridine rings is 1. The lowest BCUT2D eigenvalue weighted by molar-refractivity contribution is -0.136. The van der Waals surface area contributed by atoms with Gasteiger partial charge < -0.3 is 4.90 Å². The average molecular weight is 290 g/mol. The number of rotatable bonds is 1. The maximum Gasteiger partial charge on any atom is 0.417 e. The van der Waals surface area contributed by atoms with Crippen LogP contribution in [-0.4, -0.2) is 19.1 Å². The van der Waals surface area contributed by atoms with Crippen LogP contribution in [0.4, 0.5) is 18.9 Å². The van der Waals surface area contributed by atoms with Gasteiger partial charge in [-0.15, -0.1) is 0 Å². The monoisotopic (exact) mass is 290 g/mol. The Hall–Kier alpha value is -2.30. The van der Waals surface area contributed by atoms with Crippen LogP contribution in [0.5, 0.6) is 0 Å². The molecule has 0 amide bonds. The van der Waals surface area contributed by atoms with Gasteiger partial charge in [0, 0.05) is 42.1 Å². The van der Waals surface area contributed by atoms with Crippen LogP contribution in [0.2, 0.25) is 0 Å². The first kappa shape index (κ1) is 13.7. The number of hydrogen-bond donors (Lipinski definition) is 0. The van der Waals surface area contributed by atoms with E-state index in [1.54, 1.807) is 12.1 Å². The summed E-state index contributed by atoms with van der Waals surface area (Å²) >= 11 is 0. The highest BCUT2D eigenvalue weighted by atomic mass is 19.4. The summed E-state index contributed by atoms with van der Waals surface area (Å²) in [6, 6.07) is 9.81. The number of benzene rings is 2. The molecular formula is C16H13F3N2. The van der Waals surface area contributed by atoms with E-state index in [9.17, 15) is 13.2 Å². The summed E-state index contributed by atoms with van der Waals surface area (Å²) in [5.41, 5.74) is 0.685. The van der Waals surface area contributed by atoms with Gasteiger partial charge in [-0.05, 0) is 12.1 Å². The van der Waals surface area contributed by atoms with Crippen LogP contribution in [0.1, 0.15) is 5.56 Å². The Morgan fingerprint density at radius 2 is 1.62 bits per heavy atom. The van der Waals surface area contributed by atoms with Gasteiger partial charge >= 0.3 is 6.18 Å². The van der Waals surface area contributed by atoms with E-state index in [2.05, 4.69) is 4.98 Å². The van der Waals surface area contributed by atoms with E-state index in [1.165, 1.54) is 12.3 Å². The summed E-state index contributed by atoms with van der Waals surface area (Å²) in [5, 5.41) is 1.75. The maximum absolute atomic E-state index is 13.1. The first-order valence-corrected chi connectivity index (χ1v) is 6.44. The van der Waals surface area contributed by atoms with Crippen molar-refractivity contribution in [2.45, 2.75) is 6.18 Å². The van der Waals surface area contributed by atoms with Crippen LogP contribution in [0, 0.1) is 0 Å². The molecule has 0 aliphatic rings. The summed E-state index contributed by atoms with van der Waals surface area (Å²) in [7, 11) is 3.80. The molecule has 0 N–H and O–H groups in total. The smallest absolute Gasteiger partial charge is 0.377 e. The minimum absolute atomic E-state index is 0.133. The van der Waals surface area contributed by atoms with Crippen LogP contribution in [0.25, 0.3) is 21.7 Å². The van der Waals surface area contributed by atoms with Crippen molar-refractivity contribution in [3.63, 3.8) is 0 Å². The second kappa shape index (κ2) is 4.62. The van der Waals surface area contributed by atoms with Crippen LogP contribution < -0.4 is 4.90 Å². The molecule has 3 rings (SSSR count). The summed E-state index contributed by atoms with van der Waals surface area (Å²) < 4.78 is 39.3. The van der Waals surface area contributed by atoms with Crippen molar-refractivity contribution >= 4 is 27.4 Å². The van der Waals surface area contributed by atoms with Gasteiger partial charge in [0.2, 0.25) is 0 Å². The van der Waals surface area contributed by atoms with E-state index in [0.717, 1.165) is 22.5 Å². The zero-order valence-electron chi connectivity index (χ0n) is 11.6. The van der Waals surface area contributed by atoms with Crippen molar-refractivity contribution in [3.8, 4) is 0 Å². The molecule has 0 bridgehead atoms. The molecular weight excluding hydrogens is 277 g/mol. The van der Waals surface area contributed by atoms with E-state index in [1.807, 2.05) is 31.1 Å². The summed E-state index contributed by atoms with van der Waals surface area (Å²) in [6.07, 6.45) is -3.17. The summed E-state index contributed by atoms with van der Waals surface area (Å²) in [4.78, 5) is 6.10. The molecule has 2 aromatic carbocycles. The molecule has 3 aromatic rings. The number of anilines is 1. The standard InChI is InChI=1S/C16H13F3N2/c1-21(2)14-5-3-4-11-10(14)6-7-12-13(16(17,18)19)8-9-20-15(11)12/h3-9H,1-2H3. The van der Waals surface area contributed by atoms with E-state index < -0.39 is 11.7 Å². The van der Waals surface area contributed by atoms with E-state index in [-0.39, 0.29) is 5.39 Å². The third-order valence-electron chi connectivity index (χ3n) is 3.53. The van der Waals surface area contributed by atoms with Gasteiger partial charge in [0.25, 0.3) is 0 Å². The predicted molar refractivity (Wildman–Crippen MR) is 78.6 cm³/mol. The van der Waals surface area contributed by atoms with Crippen molar-refractivity contribution in [1.29, 1.82) is 0 Å². The Morgan fingerprint density at radius 1 is 0.905 bits per heavy atom. The van der Waals surface area contributed by atoms with Crippen molar-refractivity contribution in [2.75, 3.05) is 19.0 Å². The second-order valence-corrected chi connectivity index (χ2v) is 5.08. The quantitative estimate of drug-likeness (QED) is 0.615. The molecule has 0 fully saturated rings. The molecule has 0 saturated carbocycles. The van der Waals surface area contributed by atoms with Crippen molar-refractivity contribution in [2.24, 2.45) is 0 Å². The molecule has 0 aliphatic carbocycles. The van der Waals surface area contributed by atoms with Crippen LogP contribution in [-0.2, 0) is 6.18 Å². The molecule has 0 saturated heterocycles. The zero-order chi connectivity index (χ0) is 15.2. The van der Waals surface area contributed by atoms with Crippen molar-refractivity contribution in [1.82, 2.24) is 4.98 Å². The maximum atomic E-state index is 13.1. The fourth-order valence-electron chi connectivity index (χ4n) is 2.60. The van der Waals surface area contributed by atoms with Crippen LogP contribution >= 0.6 is 0 Å². The molecule has 21 heavy (non-hydrogen) atoms. The molecule has 108 valence electrons. The number of alkyl halides is 3. The molecule has 1 heterocycles. The third-order valence-corrected chi connectivity index (χ3v) is 3.53. The predicted octanol–water partition coefficient (Wildman–Crippen LogP) is 4.47. The normalized spacial score (nSPS) is 12.0. The van der Waals surface area contributed by atoms with E-state index in [4.69, 9.17) is 0 Å². The van der Waals surface area contributed by atoms with Gasteiger partial charge in [-0.1, -0.05) is 24.3 Å². The molecule has 1 aromatic heterocycles. The van der Waals surface area contributed by atoms with Crippen molar-refractivity contribution < 1.29 is 13.2 Å². The lowest BCUT2D eigenvalue weighted by Gasteiger charge is -2.17. The third kappa shape index (κ3) is 2.18. The fourth-order valence-corrected chi connectivity index (χ4v) is 2.60. The van der Waals surface area contributed by atoms with Gasteiger partial charge in [-0.2, -0.15) is 13.2 Å². The lowest BCUT2D eigenvalue weighted by atomic mass is 10.0. The summed E-state index contributed by atoms with van der Waals surface area (Å²) in [5.74, 6) is 0. The number of nitrogens with zero attached hydrogens (tertiary/aromatic N) is 2. The highest BCUT2D eigenvalue weighted by Gasteiger charge is 2.32. The lowest BCUT2D eigenvalue weighted by Crippen LogP contribution is -2.09. The Balaban J connectivity index is 2.44. The Bertz CT molecular complexity index is 823. The number of hydrogen-bond acceptors (Lipinski definition) is 2. The molecule has 0 spiro atoms. The summed E-state index contributed by atoms with van der Waals surface area (Å²) in [6.45, 7) is 0. The fraction of sp³-hybridized carbons (Fsp3) is 0.188. The van der Waals surface area contributed by atoms with E-state index >= 15 is 0 Å². The van der Waals surface area contributed by atoms with Crippen LogP contribution in [0.3, 0.4) is 0 Å². The topological polar surface area (TPSA) is 16.1 Å². The zero-order valence-corrected chi connectivity index (χ0v) is 11.6. The van der Waals surface area contributed by atoms with E-state index in [0.29, 0.717) is 5.52 Å². The van der Waals surface area contributed by atoms with Gasteiger partial charge in [0.1, 0.15) is 0 Å². The largest absolute Gasteiger partial charge is 0.417 e. The van der Waals surface area contributed by atoms with Crippen molar-refractivity contribution in [3.05, 3.63) is 48.2 Å².